The van der Waals surface area contributed by atoms with Gasteiger partial charge >= 0.3 is 5.97 Å². The Morgan fingerprint density at radius 2 is 1.54 bits per heavy atom. The Labute approximate surface area is 168 Å². The number of aryl methyl sites for hydroxylation is 2. The molecule has 0 bridgehead atoms. The van der Waals surface area contributed by atoms with E-state index in [-0.39, 0.29) is 10.5 Å². The van der Waals surface area contributed by atoms with Crippen LogP contribution in [0.1, 0.15) is 21.5 Å². The largest absolute Gasteiger partial charge is 0.478 e. The highest BCUT2D eigenvalue weighted by Crippen LogP contribution is 2.20. The Balaban J connectivity index is 1.68. The lowest BCUT2D eigenvalue weighted by molar-refractivity contribution is 0.0697. The molecule has 0 fully saturated rings. The van der Waals surface area contributed by atoms with Gasteiger partial charge in [-0.1, -0.05) is 35.9 Å². The first-order valence-electron chi connectivity index (χ1n) is 8.53. The van der Waals surface area contributed by atoms with Crippen LogP contribution in [0.2, 0.25) is 5.02 Å². The number of halogens is 1. The van der Waals surface area contributed by atoms with Crippen LogP contribution in [0.4, 0.5) is 5.69 Å². The number of benzene rings is 3. The van der Waals surface area contributed by atoms with Gasteiger partial charge in [0.1, 0.15) is 0 Å². The molecular formula is C21H18ClNO4S. The quantitative estimate of drug-likeness (QED) is 0.589. The summed E-state index contributed by atoms with van der Waals surface area (Å²) < 4.78 is 27.6. The predicted octanol–water partition coefficient (Wildman–Crippen LogP) is 4.62. The summed E-state index contributed by atoms with van der Waals surface area (Å²) in [5.74, 6) is -0.952. The number of rotatable bonds is 7. The topological polar surface area (TPSA) is 83.5 Å². The maximum absolute atomic E-state index is 12.5. The van der Waals surface area contributed by atoms with Gasteiger partial charge in [-0.05, 0) is 72.5 Å². The molecule has 3 aromatic rings. The lowest BCUT2D eigenvalue weighted by Crippen LogP contribution is -2.13. The van der Waals surface area contributed by atoms with E-state index < -0.39 is 16.0 Å². The fourth-order valence-electron chi connectivity index (χ4n) is 2.72. The SMILES string of the molecule is O=C(O)c1ccc(CCc2cccc(NS(=O)(=O)c3ccc(Cl)cc3)c2)cc1. The van der Waals surface area contributed by atoms with Gasteiger partial charge < -0.3 is 5.11 Å². The predicted molar refractivity (Wildman–Crippen MR) is 110 cm³/mol. The number of carboxylic acid groups (broad SMARTS) is 1. The van der Waals surface area contributed by atoms with Crippen LogP contribution in [0, 0.1) is 0 Å². The van der Waals surface area contributed by atoms with E-state index in [4.69, 9.17) is 16.7 Å². The van der Waals surface area contributed by atoms with E-state index in [1.807, 2.05) is 6.07 Å². The molecule has 7 heteroatoms. The highest BCUT2D eigenvalue weighted by molar-refractivity contribution is 7.92. The zero-order valence-electron chi connectivity index (χ0n) is 14.8. The molecule has 2 N–H and O–H groups in total. The third-order valence-corrected chi connectivity index (χ3v) is 5.86. The molecule has 0 aliphatic heterocycles. The van der Waals surface area contributed by atoms with Crippen molar-refractivity contribution in [2.75, 3.05) is 4.72 Å². The molecule has 3 rings (SSSR count). The lowest BCUT2D eigenvalue weighted by Gasteiger charge is -2.10. The van der Waals surface area contributed by atoms with Crippen molar-refractivity contribution >= 4 is 33.3 Å². The number of carbonyl (C=O) groups is 1. The summed E-state index contributed by atoms with van der Waals surface area (Å²) in [7, 11) is -3.69. The average molecular weight is 416 g/mol. The van der Waals surface area contributed by atoms with Crippen LogP contribution in [0.5, 0.6) is 0 Å². The molecule has 0 radical (unpaired) electrons. The highest BCUT2D eigenvalue weighted by atomic mass is 35.5. The first-order valence-corrected chi connectivity index (χ1v) is 10.4. The Hall–Kier alpha value is -2.83. The summed E-state index contributed by atoms with van der Waals surface area (Å²) in [4.78, 5) is 11.0. The molecule has 0 unspecified atom stereocenters. The third kappa shape index (κ3) is 5.12. The summed E-state index contributed by atoms with van der Waals surface area (Å²) in [5.41, 5.74) is 2.71. The smallest absolute Gasteiger partial charge is 0.335 e. The molecule has 0 atom stereocenters. The van der Waals surface area contributed by atoms with Crippen molar-refractivity contribution in [3.8, 4) is 0 Å². The van der Waals surface area contributed by atoms with Gasteiger partial charge in [-0.15, -0.1) is 0 Å². The van der Waals surface area contributed by atoms with Crippen molar-refractivity contribution in [1.82, 2.24) is 0 Å². The van der Waals surface area contributed by atoms with Gasteiger partial charge in [0.05, 0.1) is 10.5 Å². The Morgan fingerprint density at radius 1 is 0.893 bits per heavy atom. The summed E-state index contributed by atoms with van der Waals surface area (Å²) in [5, 5.41) is 9.41. The molecule has 0 aliphatic carbocycles. The van der Waals surface area contributed by atoms with Crippen LogP contribution in [0.15, 0.2) is 77.7 Å². The number of sulfonamides is 1. The number of nitrogens with one attached hydrogen (secondary N) is 1. The first-order chi connectivity index (χ1) is 13.3. The van der Waals surface area contributed by atoms with E-state index in [1.165, 1.54) is 24.3 Å². The molecule has 0 amide bonds. The average Bonchev–Trinajstić information content (AvgIpc) is 2.67. The number of carboxylic acids is 1. The minimum atomic E-state index is -3.69. The Bertz CT molecular complexity index is 1080. The van der Waals surface area contributed by atoms with Crippen molar-refractivity contribution in [1.29, 1.82) is 0 Å². The fourth-order valence-corrected chi connectivity index (χ4v) is 3.90. The summed E-state index contributed by atoms with van der Waals surface area (Å²) in [6.45, 7) is 0. The van der Waals surface area contributed by atoms with Crippen molar-refractivity contribution in [2.24, 2.45) is 0 Å². The van der Waals surface area contributed by atoms with Crippen LogP contribution >= 0.6 is 11.6 Å². The molecule has 0 saturated carbocycles. The van der Waals surface area contributed by atoms with E-state index in [1.54, 1.807) is 42.5 Å². The Morgan fingerprint density at radius 3 is 2.18 bits per heavy atom. The van der Waals surface area contributed by atoms with Gasteiger partial charge in [0.15, 0.2) is 0 Å². The van der Waals surface area contributed by atoms with E-state index in [0.29, 0.717) is 23.6 Å². The number of hydrogen-bond acceptors (Lipinski definition) is 3. The molecule has 0 spiro atoms. The molecule has 144 valence electrons. The maximum Gasteiger partial charge on any atom is 0.335 e. The second-order valence-electron chi connectivity index (χ2n) is 6.26. The molecule has 28 heavy (non-hydrogen) atoms. The van der Waals surface area contributed by atoms with Crippen LogP contribution in [0.25, 0.3) is 0 Å². The van der Waals surface area contributed by atoms with Gasteiger partial charge in [0.2, 0.25) is 0 Å². The minimum absolute atomic E-state index is 0.140. The monoisotopic (exact) mass is 415 g/mol. The van der Waals surface area contributed by atoms with E-state index >= 15 is 0 Å². The molecule has 0 heterocycles. The van der Waals surface area contributed by atoms with Crippen molar-refractivity contribution in [3.05, 3.63) is 94.5 Å². The minimum Gasteiger partial charge on any atom is -0.478 e. The van der Waals surface area contributed by atoms with Gasteiger partial charge in [0.25, 0.3) is 10.0 Å². The second-order valence-corrected chi connectivity index (χ2v) is 8.38. The van der Waals surface area contributed by atoms with E-state index in [0.717, 1.165) is 11.1 Å². The van der Waals surface area contributed by atoms with Crippen LogP contribution in [-0.4, -0.2) is 19.5 Å². The molecule has 0 aliphatic rings. The van der Waals surface area contributed by atoms with Crippen LogP contribution in [-0.2, 0) is 22.9 Å². The zero-order chi connectivity index (χ0) is 20.1. The van der Waals surface area contributed by atoms with Gasteiger partial charge in [0, 0.05) is 10.7 Å². The maximum atomic E-state index is 12.5. The zero-order valence-corrected chi connectivity index (χ0v) is 16.4. The Kier molecular flexibility index (Phi) is 6.02. The van der Waals surface area contributed by atoms with Crippen molar-refractivity contribution < 1.29 is 18.3 Å². The number of hydrogen-bond donors (Lipinski definition) is 2. The summed E-state index contributed by atoms with van der Waals surface area (Å²) >= 11 is 5.81. The standard InChI is InChI=1S/C21H18ClNO4S/c22-18-10-12-20(13-11-18)28(26,27)23-19-3-1-2-16(14-19)5-4-15-6-8-17(9-7-15)21(24)25/h1-3,6-14,23H,4-5H2,(H,24,25). The molecule has 0 aromatic heterocycles. The summed E-state index contributed by atoms with van der Waals surface area (Å²) in [6.07, 6.45) is 1.41. The normalized spacial score (nSPS) is 11.2. The lowest BCUT2D eigenvalue weighted by atomic mass is 10.0. The molecule has 5 nitrogen and oxygen atoms in total. The van der Waals surface area contributed by atoms with Crippen LogP contribution < -0.4 is 4.72 Å². The fraction of sp³-hybridized carbons (Fsp3) is 0.0952. The van der Waals surface area contributed by atoms with Crippen LogP contribution in [0.3, 0.4) is 0 Å². The molecule has 0 saturated heterocycles. The number of anilines is 1. The third-order valence-electron chi connectivity index (χ3n) is 4.21. The molecule has 3 aromatic carbocycles. The first kappa shape index (κ1) is 19.9. The van der Waals surface area contributed by atoms with E-state index in [9.17, 15) is 13.2 Å². The second kappa shape index (κ2) is 8.46. The van der Waals surface area contributed by atoms with Crippen molar-refractivity contribution in [3.63, 3.8) is 0 Å². The summed E-state index contributed by atoms with van der Waals surface area (Å²) in [6, 6.07) is 19.9. The van der Waals surface area contributed by atoms with Gasteiger partial charge in [-0.25, -0.2) is 13.2 Å². The van der Waals surface area contributed by atoms with Gasteiger partial charge in [-0.2, -0.15) is 0 Å². The van der Waals surface area contributed by atoms with E-state index in [2.05, 4.69) is 4.72 Å². The van der Waals surface area contributed by atoms with Crippen molar-refractivity contribution in [2.45, 2.75) is 17.7 Å². The highest BCUT2D eigenvalue weighted by Gasteiger charge is 2.14. The number of aromatic carboxylic acids is 1. The molecular weight excluding hydrogens is 398 g/mol. The van der Waals surface area contributed by atoms with Gasteiger partial charge in [-0.3, -0.25) is 4.72 Å².